The first kappa shape index (κ1) is 17.5. The Balaban J connectivity index is 1.56. The molecule has 0 radical (unpaired) electrons. The maximum absolute atomic E-state index is 12.7. The molecule has 1 unspecified atom stereocenters. The van der Waals surface area contributed by atoms with Gasteiger partial charge in [0.15, 0.2) is 0 Å². The fourth-order valence-corrected chi connectivity index (χ4v) is 4.77. The van der Waals surface area contributed by atoms with Crippen molar-refractivity contribution in [3.8, 4) is 17.2 Å². The van der Waals surface area contributed by atoms with Crippen LogP contribution in [0.4, 0.5) is 5.00 Å². The molecule has 1 aliphatic carbocycles. The van der Waals surface area contributed by atoms with E-state index in [9.17, 15) is 10.1 Å². The maximum atomic E-state index is 12.7. The zero-order valence-corrected chi connectivity index (χ0v) is 16.0. The molecule has 1 amide bonds. The zero-order valence-electron chi connectivity index (χ0n) is 15.2. The lowest BCUT2D eigenvalue weighted by molar-refractivity contribution is 0.102. The lowest BCUT2D eigenvalue weighted by Gasteiger charge is -2.17. The molecule has 0 fully saturated rings. The molecule has 3 nitrogen and oxygen atoms in total. The van der Waals surface area contributed by atoms with E-state index in [1.807, 2.05) is 54.6 Å². The Hall–Kier alpha value is -2.90. The second-order valence-electron chi connectivity index (χ2n) is 7.07. The van der Waals surface area contributed by atoms with Gasteiger partial charge in [-0.25, -0.2) is 0 Å². The molecule has 1 aliphatic rings. The number of thiophene rings is 1. The maximum Gasteiger partial charge on any atom is 0.256 e. The summed E-state index contributed by atoms with van der Waals surface area (Å²) in [6, 6.07) is 20.0. The predicted molar refractivity (Wildman–Crippen MR) is 110 cm³/mol. The summed E-state index contributed by atoms with van der Waals surface area (Å²) in [5, 5.41) is 13.3. The van der Waals surface area contributed by atoms with Gasteiger partial charge < -0.3 is 5.32 Å². The van der Waals surface area contributed by atoms with Crippen LogP contribution in [0, 0.1) is 17.2 Å². The molecule has 134 valence electrons. The van der Waals surface area contributed by atoms with E-state index in [2.05, 4.69) is 18.3 Å². The van der Waals surface area contributed by atoms with Crippen molar-refractivity contribution < 1.29 is 4.79 Å². The number of carbonyl (C=O) groups is 1. The van der Waals surface area contributed by atoms with Crippen LogP contribution in [-0.2, 0) is 12.8 Å². The van der Waals surface area contributed by atoms with Crippen molar-refractivity contribution in [3.05, 3.63) is 76.2 Å². The summed E-state index contributed by atoms with van der Waals surface area (Å²) >= 11 is 1.56. The van der Waals surface area contributed by atoms with Crippen molar-refractivity contribution in [1.82, 2.24) is 0 Å². The van der Waals surface area contributed by atoms with Crippen LogP contribution in [0.25, 0.3) is 11.1 Å². The summed E-state index contributed by atoms with van der Waals surface area (Å²) in [4.78, 5) is 13.9. The van der Waals surface area contributed by atoms with Crippen LogP contribution in [-0.4, -0.2) is 5.91 Å². The van der Waals surface area contributed by atoms with Crippen LogP contribution in [0.3, 0.4) is 0 Å². The predicted octanol–water partition coefficient (Wildman–Crippen LogP) is 5.66. The molecule has 0 bridgehead atoms. The van der Waals surface area contributed by atoms with Gasteiger partial charge in [-0.15, -0.1) is 11.3 Å². The molecule has 27 heavy (non-hydrogen) atoms. The number of hydrogen-bond donors (Lipinski definition) is 1. The highest BCUT2D eigenvalue weighted by Gasteiger charge is 2.25. The second kappa shape index (κ2) is 7.38. The SMILES string of the molecule is CC1CCc2sc(NC(=O)c3ccc(-c4ccccc4)cc3)c(C#N)c2C1. The zero-order chi connectivity index (χ0) is 18.8. The number of carbonyl (C=O) groups excluding carboxylic acids is 1. The average molecular weight is 372 g/mol. The minimum Gasteiger partial charge on any atom is -0.312 e. The van der Waals surface area contributed by atoms with E-state index < -0.39 is 0 Å². The van der Waals surface area contributed by atoms with Crippen LogP contribution in [0.1, 0.15) is 39.7 Å². The fraction of sp³-hybridized carbons (Fsp3) is 0.217. The summed E-state index contributed by atoms with van der Waals surface area (Å²) in [6.07, 6.45) is 3.07. The van der Waals surface area contributed by atoms with Gasteiger partial charge in [-0.05, 0) is 54.0 Å². The molecule has 0 saturated heterocycles. The number of anilines is 1. The first-order chi connectivity index (χ1) is 13.2. The van der Waals surface area contributed by atoms with E-state index in [4.69, 9.17) is 0 Å². The monoisotopic (exact) mass is 372 g/mol. The van der Waals surface area contributed by atoms with E-state index in [-0.39, 0.29) is 5.91 Å². The third-order valence-corrected chi connectivity index (χ3v) is 6.31. The minimum absolute atomic E-state index is 0.169. The molecule has 4 heteroatoms. The highest BCUT2D eigenvalue weighted by Crippen LogP contribution is 2.39. The quantitative estimate of drug-likeness (QED) is 0.644. The average Bonchev–Trinajstić information content (AvgIpc) is 3.04. The van der Waals surface area contributed by atoms with Gasteiger partial charge in [0.1, 0.15) is 11.1 Å². The molecule has 3 aromatic rings. The number of nitrogens with one attached hydrogen (secondary N) is 1. The molecular weight excluding hydrogens is 352 g/mol. The number of fused-ring (bicyclic) bond motifs is 1. The Bertz CT molecular complexity index is 1010. The van der Waals surface area contributed by atoms with Gasteiger partial charge in [-0.2, -0.15) is 5.26 Å². The van der Waals surface area contributed by atoms with Gasteiger partial charge in [0.25, 0.3) is 5.91 Å². The third-order valence-electron chi connectivity index (χ3n) is 5.10. The van der Waals surface area contributed by atoms with E-state index in [0.29, 0.717) is 22.0 Å². The van der Waals surface area contributed by atoms with E-state index in [1.165, 1.54) is 4.88 Å². The Kier molecular flexibility index (Phi) is 4.79. The topological polar surface area (TPSA) is 52.9 Å². The van der Waals surface area contributed by atoms with E-state index in [1.54, 1.807) is 11.3 Å². The van der Waals surface area contributed by atoms with Crippen LogP contribution in [0.15, 0.2) is 54.6 Å². The Morgan fingerprint density at radius 2 is 1.81 bits per heavy atom. The second-order valence-corrected chi connectivity index (χ2v) is 8.17. The fourth-order valence-electron chi connectivity index (χ4n) is 3.58. The van der Waals surface area contributed by atoms with Gasteiger partial charge in [-0.3, -0.25) is 4.79 Å². The highest BCUT2D eigenvalue weighted by molar-refractivity contribution is 7.16. The lowest BCUT2D eigenvalue weighted by Crippen LogP contribution is -2.12. The number of benzene rings is 2. The highest BCUT2D eigenvalue weighted by atomic mass is 32.1. The molecule has 0 saturated carbocycles. The Labute approximate surface area is 163 Å². The molecule has 0 aliphatic heterocycles. The van der Waals surface area contributed by atoms with Crippen molar-refractivity contribution in [1.29, 1.82) is 5.26 Å². The number of nitriles is 1. The van der Waals surface area contributed by atoms with Gasteiger partial charge >= 0.3 is 0 Å². The molecule has 2 aromatic carbocycles. The van der Waals surface area contributed by atoms with Crippen LogP contribution in [0.5, 0.6) is 0 Å². The van der Waals surface area contributed by atoms with Crippen LogP contribution in [0.2, 0.25) is 0 Å². The summed E-state index contributed by atoms with van der Waals surface area (Å²) in [5.74, 6) is 0.422. The van der Waals surface area contributed by atoms with Crippen LogP contribution < -0.4 is 5.32 Å². The molecule has 1 heterocycles. The molecule has 4 rings (SSSR count). The first-order valence-corrected chi connectivity index (χ1v) is 9.99. The molecule has 1 atom stereocenters. The summed E-state index contributed by atoms with van der Waals surface area (Å²) in [6.45, 7) is 2.22. The van der Waals surface area contributed by atoms with Gasteiger partial charge in [0, 0.05) is 10.4 Å². The Morgan fingerprint density at radius 1 is 1.11 bits per heavy atom. The number of rotatable bonds is 3. The summed E-state index contributed by atoms with van der Waals surface area (Å²) in [5.41, 5.74) is 4.58. The van der Waals surface area contributed by atoms with Crippen molar-refractivity contribution in [3.63, 3.8) is 0 Å². The smallest absolute Gasteiger partial charge is 0.256 e. The van der Waals surface area contributed by atoms with Gasteiger partial charge in [-0.1, -0.05) is 49.4 Å². The number of amides is 1. The standard InChI is InChI=1S/C23H20N2OS/c1-15-7-12-21-19(13-15)20(14-24)23(27-21)25-22(26)18-10-8-17(9-11-18)16-5-3-2-4-6-16/h2-6,8-11,15H,7,12-13H2,1H3,(H,25,26). The largest absolute Gasteiger partial charge is 0.312 e. The van der Waals surface area contributed by atoms with Crippen molar-refractivity contribution in [2.24, 2.45) is 5.92 Å². The Morgan fingerprint density at radius 3 is 2.52 bits per heavy atom. The van der Waals surface area contributed by atoms with Crippen molar-refractivity contribution in [2.75, 3.05) is 5.32 Å². The number of aryl methyl sites for hydroxylation is 1. The third kappa shape index (κ3) is 3.51. The van der Waals surface area contributed by atoms with Crippen LogP contribution >= 0.6 is 11.3 Å². The molecular formula is C23H20N2OS. The minimum atomic E-state index is -0.169. The number of hydrogen-bond acceptors (Lipinski definition) is 3. The van der Waals surface area contributed by atoms with Gasteiger partial charge in [0.2, 0.25) is 0 Å². The molecule has 0 spiro atoms. The van der Waals surface area contributed by atoms with E-state index in [0.717, 1.165) is 36.0 Å². The number of nitrogens with zero attached hydrogens (tertiary/aromatic N) is 1. The normalized spacial score (nSPS) is 15.6. The summed E-state index contributed by atoms with van der Waals surface area (Å²) < 4.78 is 0. The molecule has 1 aromatic heterocycles. The van der Waals surface area contributed by atoms with Crippen molar-refractivity contribution in [2.45, 2.75) is 26.2 Å². The van der Waals surface area contributed by atoms with E-state index >= 15 is 0 Å². The molecule has 1 N–H and O–H groups in total. The lowest BCUT2D eigenvalue weighted by atomic mass is 9.88. The van der Waals surface area contributed by atoms with Crippen molar-refractivity contribution >= 4 is 22.2 Å². The summed E-state index contributed by atoms with van der Waals surface area (Å²) in [7, 11) is 0. The first-order valence-electron chi connectivity index (χ1n) is 9.17. The van der Waals surface area contributed by atoms with Gasteiger partial charge in [0.05, 0.1) is 5.56 Å².